The van der Waals surface area contributed by atoms with Crippen LogP contribution in [0.4, 0.5) is 4.39 Å². The third-order valence-corrected chi connectivity index (χ3v) is 4.32. The van der Waals surface area contributed by atoms with Crippen molar-refractivity contribution in [2.24, 2.45) is 0 Å². The smallest absolute Gasteiger partial charge is 0.256 e. The predicted octanol–water partition coefficient (Wildman–Crippen LogP) is 2.98. The average Bonchev–Trinajstić information content (AvgIpc) is 3.31. The van der Waals surface area contributed by atoms with Crippen LogP contribution in [0.5, 0.6) is 0 Å². The molecule has 3 aromatic rings. The summed E-state index contributed by atoms with van der Waals surface area (Å²) in [6.45, 7) is 0.599. The zero-order valence-corrected chi connectivity index (χ0v) is 13.4. The number of likely N-dealkylation sites (tertiary alicyclic amines) is 1. The van der Waals surface area contributed by atoms with Gasteiger partial charge in [-0.3, -0.25) is 14.9 Å². The van der Waals surface area contributed by atoms with Gasteiger partial charge >= 0.3 is 0 Å². The second-order valence-electron chi connectivity index (χ2n) is 5.96. The van der Waals surface area contributed by atoms with Gasteiger partial charge in [0, 0.05) is 18.3 Å². The van der Waals surface area contributed by atoms with Crippen LogP contribution in [0.2, 0.25) is 0 Å². The largest absolute Gasteiger partial charge is 0.328 e. The van der Waals surface area contributed by atoms with Crippen molar-refractivity contribution in [2.45, 2.75) is 18.9 Å². The Balaban J connectivity index is 1.60. The van der Waals surface area contributed by atoms with Gasteiger partial charge < -0.3 is 4.90 Å². The molecule has 126 valence electrons. The van der Waals surface area contributed by atoms with Crippen molar-refractivity contribution in [3.8, 4) is 11.4 Å². The molecular weight excluding hydrogens is 321 g/mol. The van der Waals surface area contributed by atoms with Crippen LogP contribution >= 0.6 is 0 Å². The lowest BCUT2D eigenvalue weighted by Crippen LogP contribution is -2.31. The van der Waals surface area contributed by atoms with E-state index >= 15 is 0 Å². The normalized spacial score (nSPS) is 17.0. The lowest BCUT2D eigenvalue weighted by atomic mass is 10.2. The van der Waals surface area contributed by atoms with E-state index in [2.05, 4.69) is 20.2 Å². The van der Waals surface area contributed by atoms with Crippen molar-refractivity contribution in [3.63, 3.8) is 0 Å². The standard InChI is InChI=1S/C18H16FN5O/c19-14-9-13(10-20-11-14)18(25)24-8-4-7-15(24)17-21-16(22-23-17)12-5-2-1-3-6-12/h1-3,5-6,9-11,15H,4,7-8H2,(H,21,22,23)/t15-/m1/s1. The number of H-pyrrole nitrogens is 1. The number of nitrogens with zero attached hydrogens (tertiary/aromatic N) is 4. The summed E-state index contributed by atoms with van der Waals surface area (Å²) in [4.78, 5) is 22.7. The number of aromatic nitrogens is 4. The number of hydrogen-bond donors (Lipinski definition) is 1. The molecule has 1 fully saturated rings. The van der Waals surface area contributed by atoms with E-state index in [1.807, 2.05) is 30.3 Å². The Morgan fingerprint density at radius 1 is 1.24 bits per heavy atom. The summed E-state index contributed by atoms with van der Waals surface area (Å²) in [7, 11) is 0. The number of aromatic amines is 1. The second kappa shape index (κ2) is 6.43. The van der Waals surface area contributed by atoms with Crippen molar-refractivity contribution >= 4 is 5.91 Å². The minimum Gasteiger partial charge on any atom is -0.328 e. The lowest BCUT2D eigenvalue weighted by molar-refractivity contribution is 0.0729. The molecular formula is C18H16FN5O. The molecule has 1 aliphatic heterocycles. The maximum Gasteiger partial charge on any atom is 0.256 e. The summed E-state index contributed by atoms with van der Waals surface area (Å²) >= 11 is 0. The quantitative estimate of drug-likeness (QED) is 0.797. The maximum atomic E-state index is 13.4. The van der Waals surface area contributed by atoms with Crippen molar-refractivity contribution in [1.82, 2.24) is 25.1 Å². The summed E-state index contributed by atoms with van der Waals surface area (Å²) in [6, 6.07) is 10.7. The van der Waals surface area contributed by atoms with E-state index in [1.54, 1.807) is 4.90 Å². The summed E-state index contributed by atoms with van der Waals surface area (Å²) in [5.74, 6) is 0.483. The van der Waals surface area contributed by atoms with Crippen LogP contribution in [0.15, 0.2) is 48.8 Å². The number of rotatable bonds is 3. The van der Waals surface area contributed by atoms with Crippen molar-refractivity contribution in [2.75, 3.05) is 6.54 Å². The first-order valence-corrected chi connectivity index (χ1v) is 8.11. The first-order valence-electron chi connectivity index (χ1n) is 8.11. The molecule has 1 aliphatic rings. The van der Waals surface area contributed by atoms with E-state index in [0.717, 1.165) is 24.6 Å². The van der Waals surface area contributed by atoms with Gasteiger partial charge in [-0.15, -0.1) is 0 Å². The molecule has 0 spiro atoms. The number of pyridine rings is 1. The van der Waals surface area contributed by atoms with Crippen molar-refractivity contribution < 1.29 is 9.18 Å². The Morgan fingerprint density at radius 2 is 2.08 bits per heavy atom. The van der Waals surface area contributed by atoms with Crippen LogP contribution in [0.25, 0.3) is 11.4 Å². The van der Waals surface area contributed by atoms with Crippen LogP contribution in [-0.4, -0.2) is 37.5 Å². The molecule has 1 N–H and O–H groups in total. The van der Waals surface area contributed by atoms with Crippen LogP contribution in [-0.2, 0) is 0 Å². The number of carbonyl (C=O) groups excluding carboxylic acids is 1. The molecule has 6 nitrogen and oxygen atoms in total. The first-order chi connectivity index (χ1) is 12.2. The molecule has 0 radical (unpaired) electrons. The highest BCUT2D eigenvalue weighted by Crippen LogP contribution is 2.32. The SMILES string of the molecule is O=C(c1cncc(F)c1)N1CCC[C@@H]1c1nc(-c2ccccc2)n[nH]1. The van der Waals surface area contributed by atoms with Gasteiger partial charge in [-0.25, -0.2) is 9.37 Å². The number of halogens is 1. The van der Waals surface area contributed by atoms with Gasteiger partial charge in [-0.2, -0.15) is 5.10 Å². The van der Waals surface area contributed by atoms with Crippen molar-refractivity contribution in [3.05, 3.63) is 66.0 Å². The van der Waals surface area contributed by atoms with Gasteiger partial charge in [-0.05, 0) is 18.9 Å². The van der Waals surface area contributed by atoms with E-state index in [-0.39, 0.29) is 17.5 Å². The summed E-state index contributed by atoms with van der Waals surface area (Å²) in [5, 5.41) is 7.21. The highest BCUT2D eigenvalue weighted by molar-refractivity contribution is 5.94. The number of benzene rings is 1. The highest BCUT2D eigenvalue weighted by atomic mass is 19.1. The minimum absolute atomic E-state index is 0.194. The minimum atomic E-state index is -0.521. The first kappa shape index (κ1) is 15.4. The molecule has 25 heavy (non-hydrogen) atoms. The Morgan fingerprint density at radius 3 is 2.88 bits per heavy atom. The topological polar surface area (TPSA) is 74.8 Å². The van der Waals surface area contributed by atoms with E-state index < -0.39 is 5.82 Å². The summed E-state index contributed by atoms with van der Waals surface area (Å²) < 4.78 is 13.4. The zero-order valence-electron chi connectivity index (χ0n) is 13.4. The fraction of sp³-hybridized carbons (Fsp3) is 0.222. The molecule has 0 bridgehead atoms. The van der Waals surface area contributed by atoms with Crippen LogP contribution < -0.4 is 0 Å². The third kappa shape index (κ3) is 3.00. The highest BCUT2D eigenvalue weighted by Gasteiger charge is 2.33. The van der Waals surface area contributed by atoms with Gasteiger partial charge in [0.15, 0.2) is 5.82 Å². The third-order valence-electron chi connectivity index (χ3n) is 4.32. The molecule has 0 unspecified atom stereocenters. The maximum absolute atomic E-state index is 13.4. The van der Waals surface area contributed by atoms with Gasteiger partial charge in [0.1, 0.15) is 11.6 Å². The zero-order chi connectivity index (χ0) is 17.2. The van der Waals surface area contributed by atoms with Crippen LogP contribution in [0, 0.1) is 5.82 Å². The number of nitrogens with one attached hydrogen (secondary N) is 1. The Labute approximate surface area is 143 Å². The molecule has 1 atom stereocenters. The predicted molar refractivity (Wildman–Crippen MR) is 89.0 cm³/mol. The Bertz CT molecular complexity index is 895. The summed E-state index contributed by atoms with van der Waals surface area (Å²) in [6.07, 6.45) is 4.12. The lowest BCUT2D eigenvalue weighted by Gasteiger charge is -2.22. The average molecular weight is 337 g/mol. The molecule has 4 rings (SSSR count). The number of carbonyl (C=O) groups is 1. The van der Waals surface area contributed by atoms with E-state index in [4.69, 9.17) is 0 Å². The molecule has 1 saturated heterocycles. The van der Waals surface area contributed by atoms with Crippen LogP contribution in [0.1, 0.15) is 35.1 Å². The monoisotopic (exact) mass is 337 g/mol. The van der Waals surface area contributed by atoms with Crippen LogP contribution in [0.3, 0.4) is 0 Å². The van der Waals surface area contributed by atoms with Gasteiger partial charge in [0.2, 0.25) is 0 Å². The van der Waals surface area contributed by atoms with E-state index in [0.29, 0.717) is 18.2 Å². The molecule has 3 heterocycles. The van der Waals surface area contributed by atoms with Gasteiger partial charge in [-0.1, -0.05) is 30.3 Å². The number of amides is 1. The number of hydrogen-bond acceptors (Lipinski definition) is 4. The summed E-state index contributed by atoms with van der Waals surface area (Å²) in [5.41, 5.74) is 1.16. The Hall–Kier alpha value is -3.09. The molecule has 2 aromatic heterocycles. The molecule has 1 aromatic carbocycles. The van der Waals surface area contributed by atoms with E-state index in [1.165, 1.54) is 12.3 Å². The van der Waals surface area contributed by atoms with E-state index in [9.17, 15) is 9.18 Å². The fourth-order valence-corrected chi connectivity index (χ4v) is 3.13. The molecule has 0 saturated carbocycles. The fourth-order valence-electron chi connectivity index (χ4n) is 3.13. The Kier molecular flexibility index (Phi) is 3.97. The molecule has 7 heteroatoms. The van der Waals surface area contributed by atoms with Gasteiger partial charge in [0.25, 0.3) is 5.91 Å². The van der Waals surface area contributed by atoms with Gasteiger partial charge in [0.05, 0.1) is 17.8 Å². The second-order valence-corrected chi connectivity index (χ2v) is 5.96. The van der Waals surface area contributed by atoms with Crippen molar-refractivity contribution in [1.29, 1.82) is 0 Å². The molecule has 0 aliphatic carbocycles. The molecule has 1 amide bonds.